The molecule has 2 heterocycles. The Morgan fingerprint density at radius 2 is 2.32 bits per heavy atom. The molecule has 19 heavy (non-hydrogen) atoms. The van der Waals surface area contributed by atoms with Gasteiger partial charge in [0.25, 0.3) is 5.91 Å². The van der Waals surface area contributed by atoms with Crippen molar-refractivity contribution in [1.82, 2.24) is 15.2 Å². The minimum atomic E-state index is -0.397. The predicted molar refractivity (Wildman–Crippen MR) is 69.8 cm³/mol. The number of carbonyl (C=O) groups excluding carboxylic acids is 2. The average Bonchev–Trinajstić information content (AvgIpc) is 2.67. The number of imide groups is 1. The summed E-state index contributed by atoms with van der Waals surface area (Å²) in [5.74, 6) is 5.59. The lowest BCUT2D eigenvalue weighted by molar-refractivity contribution is -0.128. The molecule has 1 unspecified atom stereocenters. The largest absolute Gasteiger partial charge is 0.326 e. The summed E-state index contributed by atoms with van der Waals surface area (Å²) >= 11 is 0. The molecule has 102 valence electrons. The van der Waals surface area contributed by atoms with Crippen molar-refractivity contribution < 1.29 is 9.59 Å². The van der Waals surface area contributed by atoms with Gasteiger partial charge < -0.3 is 10.7 Å². The summed E-state index contributed by atoms with van der Waals surface area (Å²) in [6.07, 6.45) is 3.08. The number of carbonyl (C=O) groups is 2. The summed E-state index contributed by atoms with van der Waals surface area (Å²) in [5.41, 5.74) is 3.22. The van der Waals surface area contributed by atoms with Gasteiger partial charge in [0.2, 0.25) is 0 Å². The highest BCUT2D eigenvalue weighted by atomic mass is 16.2. The van der Waals surface area contributed by atoms with Gasteiger partial charge >= 0.3 is 6.03 Å². The Bertz CT molecular complexity index is 491. The molecule has 0 radical (unpaired) electrons. The van der Waals surface area contributed by atoms with Crippen LogP contribution >= 0.6 is 0 Å². The molecule has 1 saturated heterocycles. The van der Waals surface area contributed by atoms with E-state index >= 15 is 0 Å². The average molecular weight is 263 g/mol. The number of nitrogens with one attached hydrogen (secondary N) is 2. The molecule has 1 fully saturated rings. The first-order valence-corrected chi connectivity index (χ1v) is 6.19. The second-order valence-electron chi connectivity index (χ2n) is 4.41. The molecular formula is C12H17N5O2. The summed E-state index contributed by atoms with van der Waals surface area (Å²) in [5, 5.41) is 2.69. The maximum absolute atomic E-state index is 12.1. The van der Waals surface area contributed by atoms with Crippen LogP contribution in [0, 0.1) is 0 Å². The van der Waals surface area contributed by atoms with Crippen LogP contribution in [0.1, 0.15) is 25.3 Å². The first-order valence-electron chi connectivity index (χ1n) is 6.19. The highest BCUT2D eigenvalue weighted by Gasteiger charge is 2.37. The molecule has 3 amide bonds. The Morgan fingerprint density at radius 3 is 3.00 bits per heavy atom. The van der Waals surface area contributed by atoms with Crippen LogP contribution in [0.5, 0.6) is 0 Å². The monoisotopic (exact) mass is 263 g/mol. The van der Waals surface area contributed by atoms with Crippen LogP contribution < -0.4 is 16.6 Å². The van der Waals surface area contributed by atoms with Crippen LogP contribution in [0.4, 0.5) is 10.6 Å². The van der Waals surface area contributed by atoms with E-state index in [1.165, 1.54) is 4.90 Å². The molecule has 1 aromatic heterocycles. The van der Waals surface area contributed by atoms with E-state index in [0.29, 0.717) is 12.2 Å². The van der Waals surface area contributed by atoms with Crippen molar-refractivity contribution in [2.45, 2.75) is 32.4 Å². The number of hydrogen-bond acceptors (Lipinski definition) is 5. The molecule has 7 nitrogen and oxygen atoms in total. The molecule has 7 heteroatoms. The molecule has 0 aliphatic carbocycles. The van der Waals surface area contributed by atoms with Crippen molar-refractivity contribution in [2.24, 2.45) is 5.84 Å². The Kier molecular flexibility index (Phi) is 3.96. The van der Waals surface area contributed by atoms with Crippen LogP contribution in [0.25, 0.3) is 0 Å². The molecule has 1 aromatic rings. The Hall–Kier alpha value is -2.15. The van der Waals surface area contributed by atoms with Gasteiger partial charge in [0, 0.05) is 6.20 Å². The molecule has 1 atom stereocenters. The maximum Gasteiger partial charge on any atom is 0.325 e. The van der Waals surface area contributed by atoms with E-state index in [-0.39, 0.29) is 18.5 Å². The summed E-state index contributed by atoms with van der Waals surface area (Å²) in [6.45, 7) is 2.20. The van der Waals surface area contributed by atoms with Gasteiger partial charge in [0.1, 0.15) is 11.9 Å². The van der Waals surface area contributed by atoms with Gasteiger partial charge in [-0.3, -0.25) is 9.69 Å². The number of nitrogen functional groups attached to an aromatic ring is 1. The maximum atomic E-state index is 12.1. The summed E-state index contributed by atoms with van der Waals surface area (Å²) in [4.78, 5) is 29.0. The summed E-state index contributed by atoms with van der Waals surface area (Å²) in [7, 11) is 0. The number of urea groups is 1. The number of hydrogen-bond donors (Lipinski definition) is 3. The summed E-state index contributed by atoms with van der Waals surface area (Å²) < 4.78 is 0. The standard InChI is InChI=1S/C12H17N5O2/c1-2-3-9-11(18)17(12(19)15-9)7-8-4-5-14-10(6-8)16-13/h4-6,9H,2-3,7,13H2,1H3,(H,14,16)(H,15,19). The minimum Gasteiger partial charge on any atom is -0.326 e. The second kappa shape index (κ2) is 5.66. The van der Waals surface area contributed by atoms with Crippen LogP contribution in [0.3, 0.4) is 0 Å². The van der Waals surface area contributed by atoms with Crippen molar-refractivity contribution >= 4 is 17.8 Å². The van der Waals surface area contributed by atoms with Crippen molar-refractivity contribution in [2.75, 3.05) is 5.43 Å². The van der Waals surface area contributed by atoms with Crippen molar-refractivity contribution in [1.29, 1.82) is 0 Å². The number of nitrogens with two attached hydrogens (primary N) is 1. The van der Waals surface area contributed by atoms with Crippen LogP contribution in [0.15, 0.2) is 18.3 Å². The number of nitrogens with zero attached hydrogens (tertiary/aromatic N) is 2. The van der Waals surface area contributed by atoms with Gasteiger partial charge in [-0.1, -0.05) is 13.3 Å². The van der Waals surface area contributed by atoms with E-state index in [4.69, 9.17) is 5.84 Å². The highest BCUT2D eigenvalue weighted by molar-refractivity contribution is 6.04. The molecule has 0 aromatic carbocycles. The first kappa shape index (κ1) is 13.3. The molecule has 1 aliphatic rings. The first-order chi connectivity index (χ1) is 9.15. The molecule has 2 rings (SSSR count). The zero-order valence-corrected chi connectivity index (χ0v) is 10.7. The van der Waals surface area contributed by atoms with Gasteiger partial charge in [-0.2, -0.15) is 0 Å². The number of pyridine rings is 1. The van der Waals surface area contributed by atoms with Gasteiger partial charge in [0.15, 0.2) is 0 Å². The fourth-order valence-electron chi connectivity index (χ4n) is 2.05. The van der Waals surface area contributed by atoms with E-state index in [0.717, 1.165) is 12.0 Å². The molecule has 4 N–H and O–H groups in total. The molecule has 0 bridgehead atoms. The van der Waals surface area contributed by atoms with Crippen molar-refractivity contribution in [3.05, 3.63) is 23.9 Å². The summed E-state index contributed by atoms with van der Waals surface area (Å²) in [6, 6.07) is 2.70. The minimum absolute atomic E-state index is 0.175. The third-order valence-electron chi connectivity index (χ3n) is 3.00. The van der Waals surface area contributed by atoms with Crippen LogP contribution in [-0.4, -0.2) is 27.9 Å². The molecule has 1 aliphatic heterocycles. The normalized spacial score (nSPS) is 18.6. The smallest absolute Gasteiger partial charge is 0.325 e. The molecular weight excluding hydrogens is 246 g/mol. The van der Waals surface area contributed by atoms with E-state index in [9.17, 15) is 9.59 Å². The lowest BCUT2D eigenvalue weighted by Gasteiger charge is -2.13. The number of rotatable bonds is 5. The van der Waals surface area contributed by atoms with Gasteiger partial charge in [0.05, 0.1) is 6.54 Å². The zero-order valence-electron chi connectivity index (χ0n) is 10.7. The molecule has 0 spiro atoms. The van der Waals surface area contributed by atoms with Crippen LogP contribution in [-0.2, 0) is 11.3 Å². The van der Waals surface area contributed by atoms with E-state index in [1.807, 2.05) is 6.92 Å². The topological polar surface area (TPSA) is 100 Å². The number of hydrazine groups is 1. The Balaban J connectivity index is 2.10. The van der Waals surface area contributed by atoms with E-state index in [2.05, 4.69) is 15.7 Å². The molecule has 0 saturated carbocycles. The lowest BCUT2D eigenvalue weighted by atomic mass is 10.1. The van der Waals surface area contributed by atoms with Gasteiger partial charge in [-0.25, -0.2) is 15.6 Å². The quantitative estimate of drug-likeness (QED) is 0.410. The van der Waals surface area contributed by atoms with E-state index in [1.54, 1.807) is 18.3 Å². The number of aromatic nitrogens is 1. The number of anilines is 1. The fraction of sp³-hybridized carbons (Fsp3) is 0.417. The Labute approximate surface area is 111 Å². The van der Waals surface area contributed by atoms with Crippen molar-refractivity contribution in [3.63, 3.8) is 0 Å². The lowest BCUT2D eigenvalue weighted by Crippen LogP contribution is -2.31. The van der Waals surface area contributed by atoms with E-state index < -0.39 is 6.04 Å². The third-order valence-corrected chi connectivity index (χ3v) is 3.00. The zero-order chi connectivity index (χ0) is 13.8. The predicted octanol–water partition coefficient (Wildman–Crippen LogP) is 0.588. The van der Waals surface area contributed by atoms with Crippen molar-refractivity contribution in [3.8, 4) is 0 Å². The van der Waals surface area contributed by atoms with Gasteiger partial charge in [-0.15, -0.1) is 0 Å². The SMILES string of the molecule is CCCC1NC(=O)N(Cc2ccnc(NN)c2)C1=O. The second-order valence-corrected chi connectivity index (χ2v) is 4.41. The third kappa shape index (κ3) is 2.82. The van der Waals surface area contributed by atoms with Gasteiger partial charge in [-0.05, 0) is 24.1 Å². The highest BCUT2D eigenvalue weighted by Crippen LogP contribution is 2.15. The van der Waals surface area contributed by atoms with Crippen LogP contribution in [0.2, 0.25) is 0 Å². The fourth-order valence-corrected chi connectivity index (χ4v) is 2.05. The number of amides is 3. The Morgan fingerprint density at radius 1 is 1.53 bits per heavy atom.